The van der Waals surface area contributed by atoms with E-state index in [1.807, 2.05) is 25.2 Å². The van der Waals surface area contributed by atoms with Crippen LogP contribution in [0, 0.1) is 0 Å². The van der Waals surface area contributed by atoms with E-state index in [1.165, 1.54) is 0 Å². The van der Waals surface area contributed by atoms with Crippen LogP contribution >= 0.6 is 0 Å². The number of benzene rings is 1. The summed E-state index contributed by atoms with van der Waals surface area (Å²) in [4.78, 5) is 0. The maximum Gasteiger partial charge on any atom is 0.161 e. The van der Waals surface area contributed by atoms with Crippen molar-refractivity contribution in [3.63, 3.8) is 0 Å². The number of anilines is 1. The van der Waals surface area contributed by atoms with E-state index < -0.39 is 0 Å². The number of aryl methyl sites for hydroxylation is 1. The van der Waals surface area contributed by atoms with Gasteiger partial charge in [-0.2, -0.15) is 5.10 Å². The van der Waals surface area contributed by atoms with Gasteiger partial charge in [-0.3, -0.25) is 4.68 Å². The summed E-state index contributed by atoms with van der Waals surface area (Å²) in [6.45, 7) is 1.44. The molecule has 118 valence electrons. The van der Waals surface area contributed by atoms with Crippen LogP contribution in [-0.4, -0.2) is 36.2 Å². The lowest BCUT2D eigenvalue weighted by molar-refractivity contribution is 0.00645. The van der Waals surface area contributed by atoms with Crippen molar-refractivity contribution in [1.82, 2.24) is 9.78 Å². The standard InChI is InChI=1S/C16H21N3O3/c1-19-16(17)13(9-18-19)11-5-6-14(15(8-11)20-2)22-12-4-3-7-21-10-12/h5-6,8-9,12H,3-4,7,10,17H2,1-2H3. The van der Waals surface area contributed by atoms with Crippen molar-refractivity contribution < 1.29 is 14.2 Å². The minimum Gasteiger partial charge on any atom is -0.493 e. The van der Waals surface area contributed by atoms with Gasteiger partial charge in [0.05, 0.1) is 19.9 Å². The molecule has 1 atom stereocenters. The van der Waals surface area contributed by atoms with Crippen LogP contribution in [0.2, 0.25) is 0 Å². The maximum atomic E-state index is 6.03. The van der Waals surface area contributed by atoms with Crippen molar-refractivity contribution in [2.75, 3.05) is 26.1 Å². The van der Waals surface area contributed by atoms with Crippen molar-refractivity contribution in [1.29, 1.82) is 0 Å². The van der Waals surface area contributed by atoms with E-state index >= 15 is 0 Å². The van der Waals surface area contributed by atoms with Crippen molar-refractivity contribution in [3.8, 4) is 22.6 Å². The number of ether oxygens (including phenoxy) is 3. The van der Waals surface area contributed by atoms with Crippen LogP contribution in [0.15, 0.2) is 24.4 Å². The van der Waals surface area contributed by atoms with Crippen LogP contribution < -0.4 is 15.2 Å². The van der Waals surface area contributed by atoms with Crippen molar-refractivity contribution in [3.05, 3.63) is 24.4 Å². The van der Waals surface area contributed by atoms with E-state index in [-0.39, 0.29) is 6.10 Å². The minimum absolute atomic E-state index is 0.0805. The summed E-state index contributed by atoms with van der Waals surface area (Å²) < 4.78 is 18.6. The molecule has 6 nitrogen and oxygen atoms in total. The molecule has 1 unspecified atom stereocenters. The molecule has 0 spiro atoms. The zero-order chi connectivity index (χ0) is 15.5. The van der Waals surface area contributed by atoms with Gasteiger partial charge < -0.3 is 19.9 Å². The summed E-state index contributed by atoms with van der Waals surface area (Å²) in [5, 5.41) is 4.17. The Kier molecular flexibility index (Phi) is 4.20. The number of nitrogens with zero attached hydrogens (tertiary/aromatic N) is 2. The smallest absolute Gasteiger partial charge is 0.161 e. The van der Waals surface area contributed by atoms with E-state index in [9.17, 15) is 0 Å². The third-order valence-electron chi connectivity index (χ3n) is 3.87. The quantitative estimate of drug-likeness (QED) is 0.938. The second-order valence-electron chi connectivity index (χ2n) is 5.39. The van der Waals surface area contributed by atoms with Gasteiger partial charge >= 0.3 is 0 Å². The van der Waals surface area contributed by atoms with E-state index in [0.717, 1.165) is 36.3 Å². The van der Waals surface area contributed by atoms with Gasteiger partial charge in [0.1, 0.15) is 11.9 Å². The summed E-state index contributed by atoms with van der Waals surface area (Å²) in [6, 6.07) is 5.80. The highest BCUT2D eigenvalue weighted by molar-refractivity contribution is 5.75. The van der Waals surface area contributed by atoms with Gasteiger partial charge in [0.15, 0.2) is 11.5 Å². The van der Waals surface area contributed by atoms with Crippen molar-refractivity contribution in [2.45, 2.75) is 18.9 Å². The van der Waals surface area contributed by atoms with Crippen molar-refractivity contribution in [2.24, 2.45) is 7.05 Å². The largest absolute Gasteiger partial charge is 0.493 e. The molecule has 3 rings (SSSR count). The molecule has 1 aromatic carbocycles. The Morgan fingerprint density at radius 2 is 2.23 bits per heavy atom. The molecule has 0 aliphatic carbocycles. The third kappa shape index (κ3) is 2.87. The van der Waals surface area contributed by atoms with Crippen LogP contribution in [-0.2, 0) is 11.8 Å². The Balaban J connectivity index is 1.85. The number of aromatic nitrogens is 2. The van der Waals surface area contributed by atoms with Crippen LogP contribution in [0.5, 0.6) is 11.5 Å². The molecular weight excluding hydrogens is 282 g/mol. The molecule has 6 heteroatoms. The molecule has 1 fully saturated rings. The van der Waals surface area contributed by atoms with Gasteiger partial charge in [-0.15, -0.1) is 0 Å². The van der Waals surface area contributed by atoms with E-state index in [1.54, 1.807) is 18.0 Å². The molecule has 1 aliphatic heterocycles. The highest BCUT2D eigenvalue weighted by atomic mass is 16.5. The third-order valence-corrected chi connectivity index (χ3v) is 3.87. The molecule has 1 aromatic heterocycles. The zero-order valence-electron chi connectivity index (χ0n) is 12.9. The topological polar surface area (TPSA) is 71.5 Å². The van der Waals surface area contributed by atoms with Crippen LogP contribution in [0.1, 0.15) is 12.8 Å². The lowest BCUT2D eigenvalue weighted by Gasteiger charge is -2.24. The molecule has 0 amide bonds. The van der Waals surface area contributed by atoms with Gasteiger partial charge in [-0.1, -0.05) is 6.07 Å². The fourth-order valence-electron chi connectivity index (χ4n) is 2.59. The second-order valence-corrected chi connectivity index (χ2v) is 5.39. The number of nitrogens with two attached hydrogens (primary N) is 1. The fraction of sp³-hybridized carbons (Fsp3) is 0.438. The Bertz CT molecular complexity index is 648. The number of nitrogen functional groups attached to an aromatic ring is 1. The molecule has 2 heterocycles. The molecule has 2 aromatic rings. The van der Waals surface area contributed by atoms with Gasteiger partial charge in [-0.25, -0.2) is 0 Å². The first-order chi connectivity index (χ1) is 10.7. The first-order valence-electron chi connectivity index (χ1n) is 7.39. The average molecular weight is 303 g/mol. The first kappa shape index (κ1) is 14.7. The summed E-state index contributed by atoms with van der Waals surface area (Å²) >= 11 is 0. The van der Waals surface area contributed by atoms with E-state index in [0.29, 0.717) is 18.2 Å². The zero-order valence-corrected chi connectivity index (χ0v) is 12.9. The molecule has 2 N–H and O–H groups in total. The Hall–Kier alpha value is -2.21. The molecule has 22 heavy (non-hydrogen) atoms. The number of hydrogen-bond donors (Lipinski definition) is 1. The van der Waals surface area contributed by atoms with Crippen molar-refractivity contribution >= 4 is 5.82 Å². The second kappa shape index (κ2) is 6.27. The van der Waals surface area contributed by atoms with Gasteiger partial charge in [0.25, 0.3) is 0 Å². The monoisotopic (exact) mass is 303 g/mol. The van der Waals surface area contributed by atoms with Gasteiger partial charge in [0, 0.05) is 19.2 Å². The molecule has 0 radical (unpaired) electrons. The van der Waals surface area contributed by atoms with E-state index in [2.05, 4.69) is 5.10 Å². The molecule has 1 aliphatic rings. The fourth-order valence-corrected chi connectivity index (χ4v) is 2.59. The molecule has 0 bridgehead atoms. The Morgan fingerprint density at radius 3 is 2.86 bits per heavy atom. The first-order valence-corrected chi connectivity index (χ1v) is 7.39. The van der Waals surface area contributed by atoms with Crippen LogP contribution in [0.4, 0.5) is 5.82 Å². The summed E-state index contributed by atoms with van der Waals surface area (Å²) in [5.74, 6) is 2.03. The predicted molar refractivity (Wildman–Crippen MR) is 84.1 cm³/mol. The number of methoxy groups -OCH3 is 1. The molecule has 0 saturated carbocycles. The Labute approximate surface area is 129 Å². The summed E-state index contributed by atoms with van der Waals surface area (Å²) in [5.41, 5.74) is 7.86. The lowest BCUT2D eigenvalue weighted by Crippen LogP contribution is -2.28. The normalized spacial score (nSPS) is 18.2. The maximum absolute atomic E-state index is 6.03. The minimum atomic E-state index is 0.0805. The SMILES string of the molecule is COc1cc(-c2cnn(C)c2N)ccc1OC1CCCOC1. The number of rotatable bonds is 4. The Morgan fingerprint density at radius 1 is 1.36 bits per heavy atom. The average Bonchev–Trinajstić information content (AvgIpc) is 2.88. The summed E-state index contributed by atoms with van der Waals surface area (Å²) in [7, 11) is 3.45. The lowest BCUT2D eigenvalue weighted by atomic mass is 10.1. The molecular formula is C16H21N3O3. The molecule has 1 saturated heterocycles. The van der Waals surface area contributed by atoms with Gasteiger partial charge in [-0.05, 0) is 30.5 Å². The summed E-state index contributed by atoms with van der Waals surface area (Å²) in [6.07, 6.45) is 3.86. The van der Waals surface area contributed by atoms with Crippen LogP contribution in [0.25, 0.3) is 11.1 Å². The van der Waals surface area contributed by atoms with Crippen LogP contribution in [0.3, 0.4) is 0 Å². The van der Waals surface area contributed by atoms with E-state index in [4.69, 9.17) is 19.9 Å². The number of hydrogen-bond acceptors (Lipinski definition) is 5. The van der Waals surface area contributed by atoms with Gasteiger partial charge in [0.2, 0.25) is 0 Å². The highest BCUT2D eigenvalue weighted by Gasteiger charge is 2.18. The predicted octanol–water partition coefficient (Wildman–Crippen LogP) is 2.24. The highest BCUT2D eigenvalue weighted by Crippen LogP contribution is 2.35.